The van der Waals surface area contributed by atoms with Crippen LogP contribution in [0.4, 0.5) is 0 Å². The first kappa shape index (κ1) is 16.3. The molecule has 1 saturated carbocycles. The molecule has 1 N–H and O–H groups in total. The van der Waals surface area contributed by atoms with E-state index >= 15 is 0 Å². The molecule has 1 fully saturated rings. The number of carbonyl (C=O) groups is 1. The second-order valence-corrected chi connectivity index (χ2v) is 8.14. The zero-order chi connectivity index (χ0) is 17.6. The van der Waals surface area contributed by atoms with Crippen LogP contribution in [0, 0.1) is 12.8 Å². The van der Waals surface area contributed by atoms with Crippen LogP contribution in [0.1, 0.15) is 47.8 Å². The van der Waals surface area contributed by atoms with E-state index in [0.29, 0.717) is 21.8 Å². The van der Waals surface area contributed by atoms with E-state index in [2.05, 4.69) is 12.2 Å². The van der Waals surface area contributed by atoms with E-state index in [1.165, 1.54) is 17.8 Å². The highest BCUT2D eigenvalue weighted by molar-refractivity contribution is 7.21. The summed E-state index contributed by atoms with van der Waals surface area (Å²) >= 11 is 1.38. The summed E-state index contributed by atoms with van der Waals surface area (Å²) < 4.78 is 6.24. The van der Waals surface area contributed by atoms with E-state index in [4.69, 9.17) is 4.42 Å². The number of carbonyl (C=O) groups excluding carboxylic acids is 1. The predicted octanol–water partition coefficient (Wildman–Crippen LogP) is 4.62. The number of aryl methyl sites for hydroxylation is 1. The molecule has 2 unspecified atom stereocenters. The van der Waals surface area contributed by atoms with E-state index < -0.39 is 0 Å². The predicted molar refractivity (Wildman–Crippen MR) is 101 cm³/mol. The topological polar surface area (TPSA) is 59.3 Å². The lowest BCUT2D eigenvalue weighted by atomic mass is 9.86. The molecular weight excluding hydrogens is 334 g/mol. The minimum Gasteiger partial charge on any atom is -0.422 e. The second-order valence-electron chi connectivity index (χ2n) is 7.08. The maximum atomic E-state index is 12.7. The summed E-state index contributed by atoms with van der Waals surface area (Å²) in [6.45, 7) is 4.20. The lowest BCUT2D eigenvalue weighted by Gasteiger charge is -2.29. The number of amides is 1. The number of benzene rings is 1. The van der Waals surface area contributed by atoms with Crippen LogP contribution in [0.2, 0.25) is 0 Å². The number of nitrogens with one attached hydrogen (secondary N) is 1. The summed E-state index contributed by atoms with van der Waals surface area (Å²) in [5.74, 6) is 0.417. The molecular formula is C20H21NO3S. The zero-order valence-electron chi connectivity index (χ0n) is 14.4. The van der Waals surface area contributed by atoms with Gasteiger partial charge in [-0.3, -0.25) is 4.79 Å². The Morgan fingerprint density at radius 2 is 2.00 bits per heavy atom. The van der Waals surface area contributed by atoms with E-state index in [9.17, 15) is 9.59 Å². The van der Waals surface area contributed by atoms with Crippen LogP contribution >= 0.6 is 11.3 Å². The van der Waals surface area contributed by atoms with Gasteiger partial charge in [-0.2, -0.15) is 0 Å². The van der Waals surface area contributed by atoms with Gasteiger partial charge in [-0.25, -0.2) is 4.79 Å². The summed E-state index contributed by atoms with van der Waals surface area (Å²) in [4.78, 5) is 25.6. The van der Waals surface area contributed by atoms with Crippen LogP contribution in [-0.2, 0) is 0 Å². The SMILES string of the molecule is Cc1ccc2oc(=O)c3cc(C(=O)NC4CCCCC4C)sc3c2c1. The summed E-state index contributed by atoms with van der Waals surface area (Å²) in [6.07, 6.45) is 4.59. The average molecular weight is 355 g/mol. The standard InChI is InChI=1S/C20H21NO3S/c1-11-7-8-16-13(9-11)18-14(20(23)24-16)10-17(25-18)19(22)21-15-6-4-3-5-12(15)2/h7-10,12,15H,3-6H2,1-2H3,(H,21,22). The van der Waals surface area contributed by atoms with Gasteiger partial charge < -0.3 is 9.73 Å². The molecule has 1 aromatic carbocycles. The third kappa shape index (κ3) is 2.97. The Kier molecular flexibility index (Phi) is 4.12. The third-order valence-electron chi connectivity index (χ3n) is 5.19. The van der Waals surface area contributed by atoms with Gasteiger partial charge in [-0.1, -0.05) is 31.4 Å². The van der Waals surface area contributed by atoms with Crippen LogP contribution in [0.15, 0.2) is 33.5 Å². The van der Waals surface area contributed by atoms with Gasteiger partial charge in [-0.15, -0.1) is 11.3 Å². The Balaban J connectivity index is 1.74. The van der Waals surface area contributed by atoms with Gasteiger partial charge >= 0.3 is 5.63 Å². The Bertz CT molecular complexity index is 1020. The van der Waals surface area contributed by atoms with Crippen LogP contribution < -0.4 is 10.9 Å². The molecule has 1 amide bonds. The monoisotopic (exact) mass is 355 g/mol. The second kappa shape index (κ2) is 6.30. The van der Waals surface area contributed by atoms with Crippen molar-refractivity contribution in [1.29, 1.82) is 0 Å². The molecule has 5 heteroatoms. The number of hydrogen-bond donors (Lipinski definition) is 1. The van der Waals surface area contributed by atoms with Crippen molar-refractivity contribution in [3.8, 4) is 0 Å². The van der Waals surface area contributed by atoms with Gasteiger partial charge in [0.05, 0.1) is 15.0 Å². The lowest BCUT2D eigenvalue weighted by molar-refractivity contribution is 0.0914. The summed E-state index contributed by atoms with van der Waals surface area (Å²) in [5.41, 5.74) is 1.28. The van der Waals surface area contributed by atoms with E-state index in [1.54, 1.807) is 6.07 Å². The van der Waals surface area contributed by atoms with Gasteiger partial charge in [0.2, 0.25) is 0 Å². The number of rotatable bonds is 2. The minimum atomic E-state index is -0.382. The molecule has 2 aromatic heterocycles. The van der Waals surface area contributed by atoms with E-state index in [1.807, 2.05) is 25.1 Å². The van der Waals surface area contributed by atoms with Crippen LogP contribution in [0.25, 0.3) is 21.1 Å². The summed E-state index contributed by atoms with van der Waals surface area (Å²) in [5, 5.41) is 4.55. The van der Waals surface area contributed by atoms with Crippen molar-refractivity contribution in [2.45, 2.75) is 45.6 Å². The molecule has 130 valence electrons. The number of thiophene rings is 1. The van der Waals surface area contributed by atoms with Crippen molar-refractivity contribution in [2.75, 3.05) is 0 Å². The highest BCUT2D eigenvalue weighted by atomic mass is 32.1. The van der Waals surface area contributed by atoms with E-state index in [-0.39, 0.29) is 17.6 Å². The summed E-state index contributed by atoms with van der Waals surface area (Å²) in [7, 11) is 0. The molecule has 4 rings (SSSR count). The van der Waals surface area contributed by atoms with Crippen LogP contribution in [-0.4, -0.2) is 11.9 Å². The van der Waals surface area contributed by atoms with Gasteiger partial charge in [0.15, 0.2) is 0 Å². The molecule has 1 aliphatic rings. The fourth-order valence-corrected chi connectivity index (χ4v) is 4.76. The van der Waals surface area contributed by atoms with Crippen LogP contribution in [0.3, 0.4) is 0 Å². The highest BCUT2D eigenvalue weighted by Crippen LogP contribution is 2.31. The lowest BCUT2D eigenvalue weighted by Crippen LogP contribution is -2.40. The van der Waals surface area contributed by atoms with Crippen molar-refractivity contribution in [3.05, 3.63) is 45.1 Å². The average Bonchev–Trinajstić information content (AvgIpc) is 3.04. The zero-order valence-corrected chi connectivity index (χ0v) is 15.2. The van der Waals surface area contributed by atoms with Crippen molar-refractivity contribution in [2.24, 2.45) is 5.92 Å². The van der Waals surface area contributed by atoms with Gasteiger partial charge in [0, 0.05) is 11.4 Å². The molecule has 0 radical (unpaired) electrons. The molecule has 0 saturated heterocycles. The van der Waals surface area contributed by atoms with Crippen LogP contribution in [0.5, 0.6) is 0 Å². The van der Waals surface area contributed by atoms with Gasteiger partial charge in [-0.05, 0) is 43.9 Å². The summed E-state index contributed by atoms with van der Waals surface area (Å²) in [6, 6.07) is 7.64. The maximum absolute atomic E-state index is 12.7. The molecule has 0 bridgehead atoms. The van der Waals surface area contributed by atoms with Crippen molar-refractivity contribution in [3.63, 3.8) is 0 Å². The highest BCUT2D eigenvalue weighted by Gasteiger charge is 2.24. The molecule has 0 spiro atoms. The van der Waals surface area contributed by atoms with E-state index in [0.717, 1.165) is 34.9 Å². The Hall–Kier alpha value is -2.14. The first-order valence-electron chi connectivity index (χ1n) is 8.81. The molecule has 2 atom stereocenters. The van der Waals surface area contributed by atoms with Crippen molar-refractivity contribution < 1.29 is 9.21 Å². The first-order valence-corrected chi connectivity index (χ1v) is 9.62. The number of hydrogen-bond acceptors (Lipinski definition) is 4. The van der Waals surface area contributed by atoms with Gasteiger partial charge in [0.25, 0.3) is 5.91 Å². The molecule has 1 aliphatic carbocycles. The fraction of sp³-hybridized carbons (Fsp3) is 0.400. The molecule has 3 aromatic rings. The Morgan fingerprint density at radius 3 is 2.80 bits per heavy atom. The van der Waals surface area contributed by atoms with Crippen molar-refractivity contribution >= 4 is 38.3 Å². The maximum Gasteiger partial charge on any atom is 0.345 e. The Morgan fingerprint density at radius 1 is 1.20 bits per heavy atom. The third-order valence-corrected chi connectivity index (χ3v) is 6.35. The largest absolute Gasteiger partial charge is 0.422 e. The normalized spacial score (nSPS) is 20.9. The van der Waals surface area contributed by atoms with Crippen molar-refractivity contribution in [1.82, 2.24) is 5.32 Å². The molecule has 0 aliphatic heterocycles. The quantitative estimate of drug-likeness (QED) is 0.682. The fourth-order valence-electron chi connectivity index (χ4n) is 3.69. The van der Waals surface area contributed by atoms with Gasteiger partial charge in [0.1, 0.15) is 5.58 Å². The smallest absolute Gasteiger partial charge is 0.345 e. The minimum absolute atomic E-state index is 0.0832. The first-order chi connectivity index (χ1) is 12.0. The molecule has 25 heavy (non-hydrogen) atoms. The number of fused-ring (bicyclic) bond motifs is 3. The molecule has 4 nitrogen and oxygen atoms in total. The Labute approximate surface area is 149 Å². The molecule has 2 heterocycles.